The fraction of sp³-hybridized carbons (Fsp3) is 0.391. The molecule has 158 valence electrons. The highest BCUT2D eigenvalue weighted by Crippen LogP contribution is 2.31. The highest BCUT2D eigenvalue weighted by molar-refractivity contribution is 5.92. The zero-order chi connectivity index (χ0) is 21.1. The molecule has 1 atom stereocenters. The average molecular weight is 409 g/mol. The van der Waals surface area contributed by atoms with Gasteiger partial charge in [0.1, 0.15) is 6.61 Å². The summed E-state index contributed by atoms with van der Waals surface area (Å²) in [5.74, 6) is 1.16. The number of ether oxygens (including phenoxy) is 2. The number of hydrogen-bond donors (Lipinski definition) is 1. The van der Waals surface area contributed by atoms with E-state index < -0.39 is 6.10 Å². The van der Waals surface area contributed by atoms with Gasteiger partial charge in [-0.25, -0.2) is 0 Å². The Labute approximate surface area is 176 Å². The van der Waals surface area contributed by atoms with Crippen LogP contribution in [0.15, 0.2) is 42.5 Å². The van der Waals surface area contributed by atoms with E-state index in [9.17, 15) is 9.59 Å². The van der Waals surface area contributed by atoms with E-state index in [2.05, 4.69) is 16.3 Å². The van der Waals surface area contributed by atoms with Gasteiger partial charge in [-0.05, 0) is 49.2 Å². The number of hydrogen-bond acceptors (Lipinski definition) is 5. The van der Waals surface area contributed by atoms with E-state index in [-0.39, 0.29) is 18.4 Å². The monoisotopic (exact) mass is 409 g/mol. The van der Waals surface area contributed by atoms with Gasteiger partial charge in [-0.2, -0.15) is 0 Å². The Bertz CT molecular complexity index is 918. The summed E-state index contributed by atoms with van der Waals surface area (Å²) in [5.41, 5.74) is 3.06. The number of nitrogens with zero attached hydrogens (tertiary/aromatic N) is 2. The van der Waals surface area contributed by atoms with Crippen molar-refractivity contribution in [3.63, 3.8) is 0 Å². The predicted molar refractivity (Wildman–Crippen MR) is 114 cm³/mol. The van der Waals surface area contributed by atoms with Crippen molar-refractivity contribution in [2.45, 2.75) is 20.0 Å². The molecule has 0 radical (unpaired) electrons. The van der Waals surface area contributed by atoms with Gasteiger partial charge in [0.05, 0.1) is 6.54 Å². The molecule has 7 heteroatoms. The third kappa shape index (κ3) is 4.74. The molecule has 1 fully saturated rings. The van der Waals surface area contributed by atoms with E-state index in [4.69, 9.17) is 9.47 Å². The minimum Gasteiger partial charge on any atom is -0.485 e. The number of piperazine rings is 1. The highest BCUT2D eigenvalue weighted by atomic mass is 16.6. The molecule has 0 spiro atoms. The summed E-state index contributed by atoms with van der Waals surface area (Å²) in [4.78, 5) is 29.1. The topological polar surface area (TPSA) is 71.1 Å². The number of fused-ring (bicyclic) bond motifs is 1. The molecular weight excluding hydrogens is 382 g/mol. The number of anilines is 1. The molecule has 2 aromatic carbocycles. The Morgan fingerprint density at radius 2 is 1.67 bits per heavy atom. The fourth-order valence-electron chi connectivity index (χ4n) is 3.92. The number of nitrogens with one attached hydrogen (secondary N) is 1. The van der Waals surface area contributed by atoms with Crippen LogP contribution in [0.4, 0.5) is 5.69 Å². The van der Waals surface area contributed by atoms with Crippen LogP contribution in [0.25, 0.3) is 0 Å². The van der Waals surface area contributed by atoms with Gasteiger partial charge in [-0.15, -0.1) is 0 Å². The van der Waals surface area contributed by atoms with Gasteiger partial charge in [0.15, 0.2) is 11.5 Å². The van der Waals surface area contributed by atoms with Crippen molar-refractivity contribution in [2.24, 2.45) is 0 Å². The van der Waals surface area contributed by atoms with Gasteiger partial charge >= 0.3 is 0 Å². The maximum Gasteiger partial charge on any atom is 0.267 e. The van der Waals surface area contributed by atoms with Crippen LogP contribution in [0.3, 0.4) is 0 Å². The molecule has 0 aromatic heterocycles. The Hall–Kier alpha value is -3.06. The molecule has 0 bridgehead atoms. The highest BCUT2D eigenvalue weighted by Gasteiger charge is 2.32. The second-order valence-corrected chi connectivity index (χ2v) is 7.89. The van der Waals surface area contributed by atoms with Crippen LogP contribution in [0.5, 0.6) is 11.5 Å². The normalized spacial score (nSPS) is 18.7. The number of carbonyl (C=O) groups excluding carboxylic acids is 2. The molecule has 30 heavy (non-hydrogen) atoms. The van der Waals surface area contributed by atoms with Crippen LogP contribution in [-0.2, 0) is 9.59 Å². The minimum atomic E-state index is -0.626. The van der Waals surface area contributed by atoms with Crippen molar-refractivity contribution in [3.05, 3.63) is 53.6 Å². The Balaban J connectivity index is 1.25. The second kappa shape index (κ2) is 8.75. The van der Waals surface area contributed by atoms with E-state index in [1.54, 1.807) is 11.0 Å². The molecule has 0 aliphatic carbocycles. The molecule has 2 amide bonds. The Morgan fingerprint density at radius 3 is 2.37 bits per heavy atom. The van der Waals surface area contributed by atoms with Crippen molar-refractivity contribution in [2.75, 3.05) is 44.6 Å². The lowest BCUT2D eigenvalue weighted by molar-refractivity contribution is -0.143. The van der Waals surface area contributed by atoms with Crippen LogP contribution < -0.4 is 14.8 Å². The van der Waals surface area contributed by atoms with Crippen LogP contribution in [-0.4, -0.2) is 67.0 Å². The van der Waals surface area contributed by atoms with Gasteiger partial charge in [0.2, 0.25) is 12.0 Å². The predicted octanol–water partition coefficient (Wildman–Crippen LogP) is 2.23. The SMILES string of the molecule is Cc1cc(C)cc(NC(=O)CN2CCN(C(=O)[C@H]3COc4ccccc4O3)CC2)c1. The number of rotatable bonds is 4. The van der Waals surface area contributed by atoms with E-state index >= 15 is 0 Å². The third-order valence-electron chi connectivity index (χ3n) is 5.34. The zero-order valence-corrected chi connectivity index (χ0v) is 17.4. The lowest BCUT2D eigenvalue weighted by Gasteiger charge is -2.36. The van der Waals surface area contributed by atoms with Crippen molar-refractivity contribution in [3.8, 4) is 11.5 Å². The minimum absolute atomic E-state index is 0.0413. The first-order chi connectivity index (χ1) is 14.5. The molecular formula is C23H27N3O4. The summed E-state index contributed by atoms with van der Waals surface area (Å²) in [5, 5.41) is 2.97. The van der Waals surface area contributed by atoms with Gasteiger partial charge in [0, 0.05) is 31.9 Å². The van der Waals surface area contributed by atoms with Gasteiger partial charge in [0.25, 0.3) is 5.91 Å². The Morgan fingerprint density at radius 1 is 1.00 bits per heavy atom. The number of carbonyl (C=O) groups is 2. The molecule has 0 saturated carbocycles. The molecule has 7 nitrogen and oxygen atoms in total. The summed E-state index contributed by atoms with van der Waals surface area (Å²) in [6.07, 6.45) is -0.626. The molecule has 2 aromatic rings. The van der Waals surface area contributed by atoms with Crippen LogP contribution >= 0.6 is 0 Å². The molecule has 2 aliphatic rings. The van der Waals surface area contributed by atoms with Gasteiger partial charge in [-0.1, -0.05) is 18.2 Å². The number of amides is 2. The molecule has 2 aliphatic heterocycles. The largest absolute Gasteiger partial charge is 0.485 e. The molecule has 4 rings (SSSR count). The fourth-order valence-corrected chi connectivity index (χ4v) is 3.92. The number of para-hydroxylation sites is 2. The third-order valence-corrected chi connectivity index (χ3v) is 5.34. The molecule has 0 unspecified atom stereocenters. The standard InChI is InChI=1S/C23H27N3O4/c1-16-11-17(2)13-18(12-16)24-22(27)14-25-7-9-26(10-8-25)23(28)21-15-29-19-5-3-4-6-20(19)30-21/h3-6,11-13,21H,7-10,14-15H2,1-2H3,(H,24,27)/t21-/m1/s1. The van der Waals surface area contributed by atoms with Crippen molar-refractivity contribution in [1.82, 2.24) is 9.80 Å². The lowest BCUT2D eigenvalue weighted by atomic mass is 10.1. The smallest absolute Gasteiger partial charge is 0.267 e. The van der Waals surface area contributed by atoms with Gasteiger partial charge in [-0.3, -0.25) is 14.5 Å². The second-order valence-electron chi connectivity index (χ2n) is 7.89. The molecule has 2 heterocycles. The van der Waals surface area contributed by atoms with E-state index in [1.807, 2.05) is 44.2 Å². The summed E-state index contributed by atoms with van der Waals surface area (Å²) in [6.45, 7) is 6.98. The first-order valence-electron chi connectivity index (χ1n) is 10.3. The van der Waals surface area contributed by atoms with Crippen molar-refractivity contribution < 1.29 is 19.1 Å². The van der Waals surface area contributed by atoms with Crippen molar-refractivity contribution >= 4 is 17.5 Å². The number of benzene rings is 2. The first kappa shape index (κ1) is 20.2. The summed E-state index contributed by atoms with van der Waals surface area (Å²) in [6, 6.07) is 13.4. The zero-order valence-electron chi connectivity index (χ0n) is 17.4. The quantitative estimate of drug-likeness (QED) is 0.839. The summed E-state index contributed by atoms with van der Waals surface area (Å²) >= 11 is 0. The van der Waals surface area contributed by atoms with Crippen LogP contribution in [0.1, 0.15) is 11.1 Å². The van der Waals surface area contributed by atoms with Gasteiger partial charge < -0.3 is 19.7 Å². The molecule has 1 N–H and O–H groups in total. The average Bonchev–Trinajstić information content (AvgIpc) is 2.72. The maximum absolute atomic E-state index is 12.8. The van der Waals surface area contributed by atoms with E-state index in [0.29, 0.717) is 44.2 Å². The maximum atomic E-state index is 12.8. The van der Waals surface area contributed by atoms with Crippen LogP contribution in [0.2, 0.25) is 0 Å². The van der Waals surface area contributed by atoms with Crippen molar-refractivity contribution in [1.29, 1.82) is 0 Å². The van der Waals surface area contributed by atoms with E-state index in [1.165, 1.54) is 0 Å². The first-order valence-corrected chi connectivity index (χ1v) is 10.3. The Kier molecular flexibility index (Phi) is 5.90. The number of aryl methyl sites for hydroxylation is 2. The molecule has 1 saturated heterocycles. The lowest BCUT2D eigenvalue weighted by Crippen LogP contribution is -2.54. The summed E-state index contributed by atoms with van der Waals surface area (Å²) in [7, 11) is 0. The summed E-state index contributed by atoms with van der Waals surface area (Å²) < 4.78 is 11.5. The van der Waals surface area contributed by atoms with E-state index in [0.717, 1.165) is 16.8 Å². The van der Waals surface area contributed by atoms with Crippen LogP contribution in [0, 0.1) is 13.8 Å².